The molecule has 0 amide bonds. The van der Waals surface area contributed by atoms with Gasteiger partial charge in [-0.2, -0.15) is 12.8 Å². The van der Waals surface area contributed by atoms with Gasteiger partial charge in [0.05, 0.1) is 5.52 Å². The number of hydrogen-bond acceptors (Lipinski definition) is 2. The first kappa shape index (κ1) is 59.8. The van der Waals surface area contributed by atoms with E-state index in [2.05, 4.69) is 103 Å². The Balaban J connectivity index is 0.000000709. The minimum Gasteiger partial charge on any atom is -0.672 e. The molecule has 2 unspecified atom stereocenters. The summed E-state index contributed by atoms with van der Waals surface area (Å²) >= 11 is -0.691. The van der Waals surface area contributed by atoms with Gasteiger partial charge in [0, 0.05) is 23.0 Å². The molecule has 4 nitrogen and oxygen atoms in total. The molecule has 5 aromatic carbocycles. The first-order chi connectivity index (χ1) is 30.3. The number of rotatable bonds is 10. The first-order valence-corrected chi connectivity index (χ1v) is 29.9. The molecular formula is C50H60Cl4N4P2Ru2. The number of aromatic nitrogens is 2. The maximum Gasteiger partial charge on any atom is 0.0704 e. The quantitative estimate of drug-likeness (QED) is 0.0592. The second-order valence-electron chi connectivity index (χ2n) is 12.7. The van der Waals surface area contributed by atoms with Gasteiger partial charge in [-0.15, -0.1) is 31.6 Å². The second kappa shape index (κ2) is 45.4. The van der Waals surface area contributed by atoms with Crippen molar-refractivity contribution in [2.45, 2.75) is 64.5 Å². The van der Waals surface area contributed by atoms with Crippen LogP contribution < -0.4 is 10.6 Å². The maximum atomic E-state index is 7.16. The van der Waals surface area contributed by atoms with Crippen molar-refractivity contribution in [3.05, 3.63) is 230 Å². The number of aryl methyl sites for hydroxylation is 2. The minimum atomic E-state index is -0.346. The largest absolute Gasteiger partial charge is 0.672 e. The third-order valence-electron chi connectivity index (χ3n) is 7.96. The fourth-order valence-electron chi connectivity index (χ4n) is 4.92. The Morgan fingerprint density at radius 1 is 0.452 bits per heavy atom. The predicted molar refractivity (Wildman–Crippen MR) is 276 cm³/mol. The molecule has 0 fully saturated rings. The van der Waals surface area contributed by atoms with E-state index >= 15 is 0 Å². The third-order valence-corrected chi connectivity index (χ3v) is 8.73. The number of halogens is 4. The molecule has 0 aliphatic carbocycles. The monoisotopic (exact) mass is 1120 g/mol. The van der Waals surface area contributed by atoms with Crippen LogP contribution in [-0.4, -0.2) is 9.97 Å². The Kier molecular flexibility index (Phi) is 43.8. The van der Waals surface area contributed by atoms with Crippen LogP contribution in [0.25, 0.3) is 22.4 Å². The Morgan fingerprint density at radius 3 is 1.18 bits per heavy atom. The van der Waals surface area contributed by atoms with E-state index in [-0.39, 0.29) is 43.4 Å². The Hall–Kier alpha value is -2.15. The summed E-state index contributed by atoms with van der Waals surface area (Å²) in [5.74, 6) is 0. The number of pyridine rings is 2. The van der Waals surface area contributed by atoms with Gasteiger partial charge in [-0.3, -0.25) is 9.97 Å². The molecule has 62 heavy (non-hydrogen) atoms. The Labute approximate surface area is 409 Å². The molecule has 0 saturated carbocycles. The number of hydrogen-bond donors (Lipinski definition) is 0. The molecule has 0 aliphatic heterocycles. The van der Waals surface area contributed by atoms with Gasteiger partial charge in [0.15, 0.2) is 0 Å². The summed E-state index contributed by atoms with van der Waals surface area (Å²) in [7, 11) is 24.7. The average molecular weight is 1120 g/mol. The molecule has 7 rings (SSSR count). The van der Waals surface area contributed by atoms with Crippen LogP contribution in [0.2, 0.25) is 0 Å². The van der Waals surface area contributed by atoms with Gasteiger partial charge in [0.25, 0.3) is 0 Å². The Morgan fingerprint density at radius 2 is 0.839 bits per heavy atom. The van der Waals surface area contributed by atoms with Crippen molar-refractivity contribution in [2.75, 3.05) is 0 Å². The molecule has 0 aliphatic rings. The van der Waals surface area contributed by atoms with Crippen molar-refractivity contribution >= 4 is 78.8 Å². The number of para-hydroxylation sites is 1. The van der Waals surface area contributed by atoms with Crippen molar-refractivity contribution in [2.24, 2.45) is 0 Å². The van der Waals surface area contributed by atoms with Crippen molar-refractivity contribution in [3.8, 4) is 0 Å². The fraction of sp³-hybridized carbons (Fsp3) is 0.200. The second-order valence-corrected chi connectivity index (χ2v) is 19.3. The zero-order valence-corrected chi connectivity index (χ0v) is 43.9. The molecular weight excluding hydrogens is 1060 g/mol. The van der Waals surface area contributed by atoms with E-state index in [0.717, 1.165) is 35.1 Å². The fourth-order valence-corrected chi connectivity index (χ4v) is 5.36. The van der Waals surface area contributed by atoms with Gasteiger partial charge in [0.2, 0.25) is 0 Å². The number of nitrogens with zero attached hydrogens (tertiary/aromatic N) is 2. The van der Waals surface area contributed by atoms with Crippen molar-refractivity contribution < 1.29 is 30.3 Å². The minimum absolute atomic E-state index is 0.255. The zero-order chi connectivity index (χ0) is 45.7. The van der Waals surface area contributed by atoms with Crippen LogP contribution in [0, 0.1) is 13.8 Å². The van der Waals surface area contributed by atoms with E-state index in [1.165, 1.54) is 60.3 Å². The molecule has 0 radical (unpaired) electrons. The van der Waals surface area contributed by atoms with E-state index in [4.69, 9.17) is 50.2 Å². The van der Waals surface area contributed by atoms with Crippen LogP contribution in [0.1, 0.15) is 61.0 Å². The third kappa shape index (κ3) is 36.2. The number of unbranched alkanes of at least 4 members (excludes halogenated alkanes) is 4. The van der Waals surface area contributed by atoms with E-state index in [9.17, 15) is 0 Å². The smallest absolute Gasteiger partial charge is 0.0704 e. The molecule has 2 aromatic heterocycles. The van der Waals surface area contributed by atoms with Gasteiger partial charge in [-0.25, -0.2) is 0 Å². The van der Waals surface area contributed by atoms with E-state index < -0.39 is 0 Å². The summed E-state index contributed by atoms with van der Waals surface area (Å²) in [5, 5.41) is 3.61. The molecule has 0 spiro atoms. The van der Waals surface area contributed by atoms with Gasteiger partial charge < -0.3 is 25.3 Å². The van der Waals surface area contributed by atoms with Crippen LogP contribution in [-0.2, 0) is 56.2 Å². The van der Waals surface area contributed by atoms with Crippen molar-refractivity contribution in [1.82, 2.24) is 9.97 Å². The predicted octanol–water partition coefficient (Wildman–Crippen LogP) is 16.0. The van der Waals surface area contributed by atoms with E-state index in [1.807, 2.05) is 115 Å². The molecule has 2 atom stereocenters. The summed E-state index contributed by atoms with van der Waals surface area (Å²) in [6, 6.07) is 58.9. The summed E-state index contributed by atoms with van der Waals surface area (Å²) < 4.78 is 0. The van der Waals surface area contributed by atoms with E-state index in [1.54, 1.807) is 6.20 Å². The topological polar surface area (TPSA) is 73.4 Å². The summed E-state index contributed by atoms with van der Waals surface area (Å²) in [6.07, 6.45) is 11.3. The zero-order valence-electron chi connectivity index (χ0n) is 35.1. The van der Waals surface area contributed by atoms with Gasteiger partial charge in [-0.05, 0) is 58.8 Å². The molecule has 334 valence electrons. The van der Waals surface area contributed by atoms with E-state index in [0.29, 0.717) is 0 Å². The molecule has 7 aromatic rings. The summed E-state index contributed by atoms with van der Waals surface area (Å²) in [5.41, 5.74) is 19.6. The first-order valence-electron chi connectivity index (χ1n) is 19.8. The summed E-state index contributed by atoms with van der Waals surface area (Å²) in [4.78, 5) is 8.22. The number of nitrogens with one attached hydrogen (secondary N) is 2. The van der Waals surface area contributed by atoms with Crippen molar-refractivity contribution in [1.29, 1.82) is 0 Å². The van der Waals surface area contributed by atoms with Gasteiger partial charge >= 0.3 is 69.1 Å². The number of fused-ring (bicyclic) bond motifs is 1. The van der Waals surface area contributed by atoms with Crippen LogP contribution in [0.5, 0.6) is 0 Å². The van der Waals surface area contributed by atoms with Gasteiger partial charge in [-0.1, -0.05) is 177 Å². The van der Waals surface area contributed by atoms with Crippen LogP contribution in [0.15, 0.2) is 182 Å². The average Bonchev–Trinajstić information content (AvgIpc) is 3.32. The number of benzene rings is 5. The molecule has 12 heteroatoms. The normalized spacial score (nSPS) is 9.26. The summed E-state index contributed by atoms with van der Waals surface area (Å²) in [6.45, 7) is 8.17. The van der Waals surface area contributed by atoms with Crippen LogP contribution in [0.4, 0.5) is 0 Å². The SMILES string of the molecule is Pc1ccccc1.Pc1ccccc1.[CH2-]CCCCc1ccccc1.[CH2-]CCCCc1ccccc1.[Cl][Ru+2][Cl].[Cl][Ru+2][Cl].[NH-]Cc1ccc2ccccc2n1.[NH-]Cc1ccccn1. The Bertz CT molecular complexity index is 1880. The maximum absolute atomic E-state index is 7.16. The van der Waals surface area contributed by atoms with Crippen molar-refractivity contribution in [3.63, 3.8) is 0 Å². The molecule has 2 heterocycles. The molecule has 2 N–H and O–H groups in total. The standard InChI is InChI=1S/2C11H15.C10H9N2.C6H7N2.2C6H7P.4ClH.2Ru/c2*1-2-3-5-8-11-9-6-4-7-10-11;11-7-9-6-5-8-3-1-2-4-10(8)12-9;7-5-6-3-1-2-4-8-6;2*7-6-4-2-1-3-5-6;;;;;;/h2*4,6-7,9-10H,1-3,5,8H2;1-6,11H,7H2;1-4,7H,5H2;2*1-5H,7H2;4*1H;;/q4*-1;;;;;;;2*+4/p-4. The van der Waals surface area contributed by atoms with Crippen LogP contribution >= 0.6 is 57.2 Å². The molecule has 0 bridgehead atoms. The molecule has 0 saturated heterocycles. The van der Waals surface area contributed by atoms with Crippen LogP contribution in [0.3, 0.4) is 0 Å². The van der Waals surface area contributed by atoms with Gasteiger partial charge in [0.1, 0.15) is 0 Å².